The van der Waals surface area contributed by atoms with E-state index in [2.05, 4.69) is 58.9 Å². The van der Waals surface area contributed by atoms with Crippen molar-refractivity contribution in [1.82, 2.24) is 0 Å². The molecule has 0 heterocycles. The number of allylic oxidation sites excluding steroid dienone is 4. The predicted molar refractivity (Wildman–Crippen MR) is 368 cm³/mol. The summed E-state index contributed by atoms with van der Waals surface area (Å²) in [5.74, 6) is -1.37. The van der Waals surface area contributed by atoms with E-state index in [1.807, 2.05) is 0 Å². The molecular weight excluding hydrogens is 1200 g/mol. The second-order valence-electron chi connectivity index (χ2n) is 25.8. The van der Waals surface area contributed by atoms with Crippen LogP contribution in [-0.4, -0.2) is 96.7 Å². The summed E-state index contributed by atoms with van der Waals surface area (Å²) in [7, 11) is -9.91. The molecule has 0 saturated carbocycles. The van der Waals surface area contributed by atoms with E-state index >= 15 is 0 Å². The lowest BCUT2D eigenvalue weighted by molar-refractivity contribution is -0.161. The van der Waals surface area contributed by atoms with Crippen LogP contribution in [0.5, 0.6) is 0 Å². The Morgan fingerprint density at radius 1 is 0.341 bits per heavy atom. The van der Waals surface area contributed by atoms with E-state index in [9.17, 15) is 43.2 Å². The first-order valence-corrected chi connectivity index (χ1v) is 39.9. The van der Waals surface area contributed by atoms with Gasteiger partial charge in [-0.1, -0.05) is 296 Å². The molecule has 17 nitrogen and oxygen atoms in total. The van der Waals surface area contributed by atoms with Gasteiger partial charge < -0.3 is 33.8 Å². The van der Waals surface area contributed by atoms with Gasteiger partial charge in [-0.05, 0) is 57.3 Å². The standard InChI is InChI=1S/C72H136O17P2/c1-6-9-12-15-18-20-22-24-25-29-32-36-41-46-51-56-70(75)83-62-68(89-72(77)58-53-48-43-38-34-30-26-28-31-35-40-44-49-54-65(4)5)64-87-91(80,81)85-60-66(73)59-84-90(78,79)86-63-67(61-82-69(74)55-50-45-39-17-14-11-8-3)88-71(76)57-52-47-42-37-33-27-23-21-19-16-13-10-7-2/h20,22,24-25,65-68,73H,6-19,21,23,26-64H2,1-5H3,(H,78,79)(H,80,81)/b22-20-,25-24-/t66-,67+,68+/m0/s1. The van der Waals surface area contributed by atoms with Gasteiger partial charge >= 0.3 is 39.5 Å². The van der Waals surface area contributed by atoms with Crippen LogP contribution in [0.1, 0.15) is 349 Å². The van der Waals surface area contributed by atoms with Crippen molar-refractivity contribution in [3.05, 3.63) is 24.3 Å². The Kier molecular flexibility index (Phi) is 63.1. The normalized spacial score (nSPS) is 14.2. The zero-order valence-corrected chi connectivity index (χ0v) is 60.3. The fourth-order valence-electron chi connectivity index (χ4n) is 10.5. The number of phosphoric acid groups is 2. The highest BCUT2D eigenvalue weighted by Crippen LogP contribution is 2.45. The second kappa shape index (κ2) is 64.9. The average molecular weight is 1340 g/mol. The first kappa shape index (κ1) is 88.5. The number of aliphatic hydroxyl groups excluding tert-OH is 1. The number of aliphatic hydroxyl groups is 1. The number of hydrogen-bond acceptors (Lipinski definition) is 15. The average Bonchev–Trinajstić information content (AvgIpc) is 3.60. The highest BCUT2D eigenvalue weighted by Gasteiger charge is 2.30. The van der Waals surface area contributed by atoms with Crippen LogP contribution in [-0.2, 0) is 65.4 Å². The Morgan fingerprint density at radius 3 is 0.901 bits per heavy atom. The summed E-state index contributed by atoms with van der Waals surface area (Å²) in [4.78, 5) is 72.5. The lowest BCUT2D eigenvalue weighted by atomic mass is 10.0. The van der Waals surface area contributed by atoms with E-state index < -0.39 is 97.5 Å². The van der Waals surface area contributed by atoms with Crippen LogP contribution < -0.4 is 0 Å². The van der Waals surface area contributed by atoms with Gasteiger partial charge in [0.05, 0.1) is 26.4 Å². The SMILES string of the molecule is CCCCCC/C=C\C=C/CCCCCCCC(=O)OC[C@H](COP(=O)(O)OC[C@@H](O)COP(=O)(O)OC[C@@H](COC(=O)CCCCCCCCC)OC(=O)CCCCCCCCCCCCCCC)OC(=O)CCCCCCCCCCCCCCCC(C)C. The summed E-state index contributed by atoms with van der Waals surface area (Å²) < 4.78 is 68.2. The number of carbonyl (C=O) groups excluding carboxylic acids is 4. The van der Waals surface area contributed by atoms with E-state index in [1.165, 1.54) is 141 Å². The molecule has 0 rings (SSSR count). The minimum absolute atomic E-state index is 0.100. The lowest BCUT2D eigenvalue weighted by Crippen LogP contribution is -2.30. The molecule has 0 aliphatic heterocycles. The third-order valence-corrected chi connectivity index (χ3v) is 18.1. The Labute approximate surface area is 554 Å². The summed E-state index contributed by atoms with van der Waals surface area (Å²) in [6.07, 6.45) is 54.9. The fourth-order valence-corrected chi connectivity index (χ4v) is 12.0. The van der Waals surface area contributed by atoms with E-state index in [4.69, 9.17) is 37.0 Å². The van der Waals surface area contributed by atoms with Gasteiger partial charge in [-0.2, -0.15) is 0 Å². The molecule has 0 aromatic rings. The minimum Gasteiger partial charge on any atom is -0.462 e. The molecule has 3 N–H and O–H groups in total. The van der Waals surface area contributed by atoms with Crippen molar-refractivity contribution in [1.29, 1.82) is 0 Å². The maximum Gasteiger partial charge on any atom is 0.472 e. The Morgan fingerprint density at radius 2 is 0.593 bits per heavy atom. The van der Waals surface area contributed by atoms with Gasteiger partial charge in [0.2, 0.25) is 0 Å². The monoisotopic (exact) mass is 1330 g/mol. The number of hydrogen-bond donors (Lipinski definition) is 3. The molecule has 0 bridgehead atoms. The molecule has 91 heavy (non-hydrogen) atoms. The largest absolute Gasteiger partial charge is 0.472 e. The lowest BCUT2D eigenvalue weighted by Gasteiger charge is -2.21. The summed E-state index contributed by atoms with van der Waals surface area (Å²) in [6.45, 7) is 7.17. The van der Waals surface area contributed by atoms with E-state index in [0.717, 1.165) is 128 Å². The van der Waals surface area contributed by atoms with Gasteiger partial charge in [0.25, 0.3) is 0 Å². The smallest absolute Gasteiger partial charge is 0.462 e. The summed E-state index contributed by atoms with van der Waals surface area (Å²) in [5.41, 5.74) is 0. The number of phosphoric ester groups is 2. The van der Waals surface area contributed by atoms with Crippen molar-refractivity contribution < 1.29 is 80.2 Å². The molecule has 2 unspecified atom stereocenters. The van der Waals surface area contributed by atoms with Crippen molar-refractivity contribution in [3.63, 3.8) is 0 Å². The third-order valence-electron chi connectivity index (χ3n) is 16.2. The van der Waals surface area contributed by atoms with Gasteiger partial charge in [0.15, 0.2) is 12.2 Å². The predicted octanol–water partition coefficient (Wildman–Crippen LogP) is 20.5. The molecule has 19 heteroatoms. The van der Waals surface area contributed by atoms with Crippen LogP contribution in [0.2, 0.25) is 0 Å². The van der Waals surface area contributed by atoms with E-state index in [0.29, 0.717) is 25.7 Å². The molecule has 0 saturated heterocycles. The second-order valence-corrected chi connectivity index (χ2v) is 28.7. The molecule has 0 aromatic heterocycles. The maximum absolute atomic E-state index is 13.0. The topological polar surface area (TPSA) is 237 Å². The van der Waals surface area contributed by atoms with Crippen LogP contribution in [0.3, 0.4) is 0 Å². The zero-order valence-electron chi connectivity index (χ0n) is 58.5. The molecule has 536 valence electrons. The molecule has 0 aromatic carbocycles. The molecule has 0 aliphatic carbocycles. The number of rotatable bonds is 70. The van der Waals surface area contributed by atoms with Crippen LogP contribution >= 0.6 is 15.6 Å². The zero-order chi connectivity index (χ0) is 67.0. The fraction of sp³-hybridized carbons (Fsp3) is 0.889. The highest BCUT2D eigenvalue weighted by atomic mass is 31.2. The molecule has 0 spiro atoms. The Balaban J connectivity index is 5.24. The Hall–Kier alpha value is -2.46. The van der Waals surface area contributed by atoms with Gasteiger partial charge in [-0.15, -0.1) is 0 Å². The maximum atomic E-state index is 13.0. The van der Waals surface area contributed by atoms with Crippen LogP contribution in [0.4, 0.5) is 0 Å². The minimum atomic E-state index is -4.96. The molecule has 0 aliphatic rings. The molecule has 0 amide bonds. The van der Waals surface area contributed by atoms with Crippen LogP contribution in [0.15, 0.2) is 24.3 Å². The molecular formula is C72H136O17P2. The van der Waals surface area contributed by atoms with Crippen molar-refractivity contribution >= 4 is 39.5 Å². The van der Waals surface area contributed by atoms with Gasteiger partial charge in [-0.25, -0.2) is 9.13 Å². The van der Waals surface area contributed by atoms with Gasteiger partial charge in [-0.3, -0.25) is 37.3 Å². The quantitative estimate of drug-likeness (QED) is 0.0169. The number of esters is 4. The number of unbranched alkanes of at least 4 members (excludes halogenated alkanes) is 39. The van der Waals surface area contributed by atoms with E-state index in [1.54, 1.807) is 0 Å². The van der Waals surface area contributed by atoms with Crippen molar-refractivity contribution in [2.45, 2.75) is 368 Å². The molecule has 0 radical (unpaired) electrons. The van der Waals surface area contributed by atoms with E-state index in [-0.39, 0.29) is 25.7 Å². The number of carbonyl (C=O) groups is 4. The van der Waals surface area contributed by atoms with Gasteiger partial charge in [0, 0.05) is 25.7 Å². The van der Waals surface area contributed by atoms with Crippen molar-refractivity contribution in [2.75, 3.05) is 39.6 Å². The first-order chi connectivity index (χ1) is 44.0. The molecule has 5 atom stereocenters. The summed E-state index contributed by atoms with van der Waals surface area (Å²) in [6, 6.07) is 0. The van der Waals surface area contributed by atoms with Crippen LogP contribution in [0.25, 0.3) is 0 Å². The third kappa shape index (κ3) is 66.0. The summed E-state index contributed by atoms with van der Waals surface area (Å²) in [5, 5.41) is 10.6. The first-order valence-electron chi connectivity index (χ1n) is 37.0. The highest BCUT2D eigenvalue weighted by molar-refractivity contribution is 7.47. The van der Waals surface area contributed by atoms with Crippen LogP contribution in [0, 0.1) is 5.92 Å². The Bertz CT molecular complexity index is 1850. The number of ether oxygens (including phenoxy) is 4. The molecule has 0 fully saturated rings. The van der Waals surface area contributed by atoms with Crippen molar-refractivity contribution in [3.8, 4) is 0 Å². The summed E-state index contributed by atoms with van der Waals surface area (Å²) >= 11 is 0. The van der Waals surface area contributed by atoms with Gasteiger partial charge in [0.1, 0.15) is 19.3 Å². The van der Waals surface area contributed by atoms with Crippen molar-refractivity contribution in [2.24, 2.45) is 5.92 Å².